The minimum atomic E-state index is -4.44. The average Bonchev–Trinajstić information content (AvgIpc) is 3.10. The number of nitrogens with two attached hydrogens (primary N) is 1. The zero-order valence-corrected chi connectivity index (χ0v) is 29.4. The highest BCUT2D eigenvalue weighted by Gasteiger charge is 2.26. The fourth-order valence-corrected chi connectivity index (χ4v) is 7.14. The van der Waals surface area contributed by atoms with Crippen molar-refractivity contribution in [1.82, 2.24) is 9.62 Å². The van der Waals surface area contributed by atoms with Gasteiger partial charge in [0.15, 0.2) is 0 Å². The monoisotopic (exact) mass is 712 g/mol. The molecule has 0 aliphatic carbocycles. The first-order chi connectivity index (χ1) is 23.5. The Bertz CT molecular complexity index is 1670. The number of nitro benzene ring substituents is 1. The Morgan fingerprint density at radius 2 is 1.69 bits per heavy atom. The van der Waals surface area contributed by atoms with Gasteiger partial charge in [0, 0.05) is 60.2 Å². The molecule has 1 aliphatic heterocycles. The zero-order chi connectivity index (χ0) is 35.4. The number of hydrogen-bond donors (Lipinski definition) is 3. The minimum absolute atomic E-state index is 0.104. The Labute approximate surface area is 291 Å². The second-order valence-corrected chi connectivity index (χ2v) is 14.9. The van der Waals surface area contributed by atoms with Crippen LogP contribution >= 0.6 is 11.8 Å². The third kappa shape index (κ3) is 11.1. The van der Waals surface area contributed by atoms with Gasteiger partial charge >= 0.3 is 6.09 Å². The summed E-state index contributed by atoms with van der Waals surface area (Å²) in [4.78, 5) is 41.0. The molecule has 2 amide bonds. The van der Waals surface area contributed by atoms with Crippen LogP contribution in [0, 0.1) is 16.0 Å². The smallest absolute Gasteiger partial charge is 0.409 e. The summed E-state index contributed by atoms with van der Waals surface area (Å²) in [6, 6.07) is 19.7. The molecule has 15 heteroatoms. The first kappa shape index (κ1) is 37.5. The number of nitrogens with zero attached hydrogens (tertiary/aromatic N) is 3. The second-order valence-electron chi connectivity index (χ2n) is 12.1. The number of nitrogens with one attached hydrogen (secondary N) is 2. The Morgan fingerprint density at radius 3 is 2.33 bits per heavy atom. The maximum absolute atomic E-state index is 13.2. The molecule has 1 fully saturated rings. The Kier molecular flexibility index (Phi) is 13.7. The Balaban J connectivity index is 1.39. The van der Waals surface area contributed by atoms with Crippen LogP contribution in [0.3, 0.4) is 0 Å². The highest BCUT2D eigenvalue weighted by molar-refractivity contribution is 7.99. The van der Waals surface area contributed by atoms with Gasteiger partial charge in [-0.3, -0.25) is 14.9 Å². The Hall–Kier alpha value is -4.34. The van der Waals surface area contributed by atoms with Crippen molar-refractivity contribution in [3.8, 4) is 0 Å². The lowest BCUT2D eigenvalue weighted by Crippen LogP contribution is -2.49. The molecule has 1 atom stereocenters. The van der Waals surface area contributed by atoms with Gasteiger partial charge in [0.25, 0.3) is 21.6 Å². The first-order valence-electron chi connectivity index (χ1n) is 16.2. The van der Waals surface area contributed by atoms with Crippen molar-refractivity contribution in [2.24, 2.45) is 11.7 Å². The molecule has 0 bridgehead atoms. The van der Waals surface area contributed by atoms with Crippen molar-refractivity contribution in [2.45, 2.75) is 48.9 Å². The van der Waals surface area contributed by atoms with Gasteiger partial charge in [-0.15, -0.1) is 11.8 Å². The van der Waals surface area contributed by atoms with E-state index in [9.17, 15) is 28.1 Å². The number of anilines is 2. The molecule has 3 aromatic carbocycles. The van der Waals surface area contributed by atoms with Crippen LogP contribution in [-0.2, 0) is 14.8 Å². The van der Waals surface area contributed by atoms with Gasteiger partial charge in [0.2, 0.25) is 0 Å². The van der Waals surface area contributed by atoms with Crippen molar-refractivity contribution < 1.29 is 27.7 Å². The first-order valence-corrected chi connectivity index (χ1v) is 18.7. The number of hydrogen-bond acceptors (Lipinski definition) is 11. The molecule has 1 saturated heterocycles. The number of piperazine rings is 1. The van der Waals surface area contributed by atoms with Crippen LogP contribution in [0.5, 0.6) is 0 Å². The molecule has 3 aromatic rings. The summed E-state index contributed by atoms with van der Waals surface area (Å²) in [5, 5.41) is 15.3. The molecule has 4 rings (SSSR count). The van der Waals surface area contributed by atoms with Crippen LogP contribution in [-0.4, -0.2) is 81.4 Å². The highest BCUT2D eigenvalue weighted by Crippen LogP contribution is 2.30. The fraction of sp³-hybridized carbons (Fsp3) is 0.412. The number of ether oxygens (including phenoxy) is 1. The van der Waals surface area contributed by atoms with Gasteiger partial charge in [-0.05, 0) is 73.8 Å². The summed E-state index contributed by atoms with van der Waals surface area (Å²) in [6.07, 6.45) is 2.01. The molecule has 0 spiro atoms. The van der Waals surface area contributed by atoms with Crippen molar-refractivity contribution in [3.63, 3.8) is 0 Å². The summed E-state index contributed by atoms with van der Waals surface area (Å²) < 4.78 is 33.7. The normalized spacial score (nSPS) is 14.0. The number of benzene rings is 3. The van der Waals surface area contributed by atoms with Crippen molar-refractivity contribution >= 4 is 50.8 Å². The third-order valence-electron chi connectivity index (χ3n) is 7.84. The number of thioether (sulfide) groups is 1. The molecule has 0 radical (unpaired) electrons. The van der Waals surface area contributed by atoms with Crippen LogP contribution in [0.2, 0.25) is 0 Å². The van der Waals surface area contributed by atoms with E-state index < -0.39 is 31.4 Å². The zero-order valence-electron chi connectivity index (χ0n) is 27.7. The van der Waals surface area contributed by atoms with E-state index in [0.29, 0.717) is 51.5 Å². The van der Waals surface area contributed by atoms with Gasteiger partial charge in [-0.1, -0.05) is 38.5 Å². The van der Waals surface area contributed by atoms with Crippen LogP contribution in [0.4, 0.5) is 21.9 Å². The maximum Gasteiger partial charge on any atom is 0.409 e. The van der Waals surface area contributed by atoms with E-state index in [4.69, 9.17) is 10.5 Å². The predicted octanol–water partition coefficient (Wildman–Crippen LogP) is 5.33. The largest absolute Gasteiger partial charge is 0.449 e. The number of sulfonamides is 1. The summed E-state index contributed by atoms with van der Waals surface area (Å²) in [5.74, 6) is 0.0122. The molecule has 0 unspecified atom stereocenters. The van der Waals surface area contributed by atoms with E-state index in [1.54, 1.807) is 28.8 Å². The lowest BCUT2D eigenvalue weighted by Gasteiger charge is -2.35. The molecule has 0 saturated carbocycles. The molecule has 4 N–H and O–H groups in total. The summed E-state index contributed by atoms with van der Waals surface area (Å²) in [5.41, 5.74) is 6.36. The average molecular weight is 713 g/mol. The number of rotatable bonds is 16. The van der Waals surface area contributed by atoms with Gasteiger partial charge in [0.05, 0.1) is 16.4 Å². The van der Waals surface area contributed by atoms with Crippen LogP contribution < -0.4 is 20.7 Å². The van der Waals surface area contributed by atoms with E-state index in [-0.39, 0.29) is 29.3 Å². The Morgan fingerprint density at radius 1 is 1.00 bits per heavy atom. The number of carbonyl (C=O) groups excluding carboxylic acids is 2. The van der Waals surface area contributed by atoms with Crippen molar-refractivity contribution in [2.75, 3.05) is 55.3 Å². The summed E-state index contributed by atoms with van der Waals surface area (Å²) in [7, 11) is -4.44. The van der Waals surface area contributed by atoms with Crippen LogP contribution in [0.1, 0.15) is 43.5 Å². The molecule has 13 nitrogen and oxygen atoms in total. The lowest BCUT2D eigenvalue weighted by atomic mass is 10.1. The van der Waals surface area contributed by atoms with Crippen LogP contribution in [0.15, 0.2) is 82.6 Å². The standard InChI is InChI=1S/C34H44N6O7S2/c1-25(2)23-47-34(42)39-20-18-38(19-21-39)28-13-11-26(12-14-28)33(41)37-49(45,46)30-15-16-31(32(22-30)40(43)44)36-27(8-6-7-17-35)24-48-29-9-4-3-5-10-29/h3-5,9-16,22,25,27,36H,6-8,17-21,23-24,35H2,1-2H3,(H,37,41)/t27-/m1/s1. The van der Waals surface area contributed by atoms with E-state index in [1.165, 1.54) is 24.3 Å². The number of amides is 2. The SMILES string of the molecule is CC(C)COC(=O)N1CCN(c2ccc(C(=O)NS(=O)(=O)c3ccc(N[C@H](CCCCN)CSc4ccccc4)c([N+](=O)[O-])c3)cc2)CC1. The van der Waals surface area contributed by atoms with Crippen molar-refractivity contribution in [1.29, 1.82) is 0 Å². The fourth-order valence-electron chi connectivity index (χ4n) is 5.16. The molecular weight excluding hydrogens is 669 g/mol. The lowest BCUT2D eigenvalue weighted by molar-refractivity contribution is -0.384. The molecule has 0 aromatic heterocycles. The molecule has 1 aliphatic rings. The van der Waals surface area contributed by atoms with Crippen molar-refractivity contribution in [3.05, 3.63) is 88.5 Å². The molecule has 1 heterocycles. The van der Waals surface area contributed by atoms with Gasteiger partial charge in [-0.25, -0.2) is 17.9 Å². The van der Waals surface area contributed by atoms with Gasteiger partial charge in [0.1, 0.15) is 5.69 Å². The maximum atomic E-state index is 13.2. The van der Waals surface area contributed by atoms with E-state index in [2.05, 4.69) is 10.2 Å². The summed E-state index contributed by atoms with van der Waals surface area (Å²) >= 11 is 1.62. The summed E-state index contributed by atoms with van der Waals surface area (Å²) in [6.45, 7) is 6.96. The highest BCUT2D eigenvalue weighted by atomic mass is 32.2. The van der Waals surface area contributed by atoms with E-state index in [0.717, 1.165) is 29.5 Å². The van der Waals surface area contributed by atoms with E-state index >= 15 is 0 Å². The van der Waals surface area contributed by atoms with E-state index in [1.807, 2.05) is 48.9 Å². The van der Waals surface area contributed by atoms with Gasteiger partial charge in [-0.2, -0.15) is 0 Å². The third-order valence-corrected chi connectivity index (χ3v) is 10.3. The molecular formula is C34H44N6O7S2. The predicted molar refractivity (Wildman–Crippen MR) is 192 cm³/mol. The number of nitro groups is 1. The van der Waals surface area contributed by atoms with Crippen LogP contribution in [0.25, 0.3) is 0 Å². The number of carbonyl (C=O) groups is 2. The van der Waals surface area contributed by atoms with Gasteiger partial charge < -0.3 is 25.6 Å². The molecule has 49 heavy (non-hydrogen) atoms. The number of unbranched alkanes of at least 4 members (excludes halogenated alkanes) is 1. The minimum Gasteiger partial charge on any atom is -0.449 e. The molecule has 264 valence electrons. The topological polar surface area (TPSA) is 177 Å². The second kappa shape index (κ2) is 17.9. The quantitative estimate of drug-likeness (QED) is 0.0757.